The van der Waals surface area contributed by atoms with Gasteiger partial charge in [-0.3, -0.25) is 9.59 Å². The molecule has 0 aromatic heterocycles. The van der Waals surface area contributed by atoms with Gasteiger partial charge < -0.3 is 14.4 Å². The maximum Gasteiger partial charge on any atom is 0.416 e. The molecule has 3 aromatic carbocycles. The molecule has 10 heteroatoms. The summed E-state index contributed by atoms with van der Waals surface area (Å²) in [6, 6.07) is 19.0. The van der Waals surface area contributed by atoms with Crippen LogP contribution in [0.1, 0.15) is 12.5 Å². The standard InChI is InChI=1S/C26H20ClF3N2O4/c1-16(24(33)21(15-31)25(34)32(2)18-6-4-3-5-7-18)35-19-9-11-20(12-10-19)36-23-13-8-17(14-22(23)27)26(28,29)30/h3-14,16,21H,1-2H3. The number of ketones is 1. The van der Waals surface area contributed by atoms with Gasteiger partial charge in [-0.2, -0.15) is 18.4 Å². The van der Waals surface area contributed by atoms with E-state index in [1.54, 1.807) is 36.4 Å². The summed E-state index contributed by atoms with van der Waals surface area (Å²) in [6.45, 7) is 1.43. The van der Waals surface area contributed by atoms with Crippen molar-refractivity contribution in [1.82, 2.24) is 0 Å². The zero-order valence-corrected chi connectivity index (χ0v) is 19.9. The number of rotatable bonds is 8. The summed E-state index contributed by atoms with van der Waals surface area (Å²) in [6.07, 6.45) is -5.64. The fourth-order valence-electron chi connectivity index (χ4n) is 3.18. The Labute approximate surface area is 210 Å². The van der Waals surface area contributed by atoms with Crippen molar-refractivity contribution < 1.29 is 32.2 Å². The Morgan fingerprint density at radius 1 is 1.00 bits per heavy atom. The minimum absolute atomic E-state index is 0.0276. The molecule has 2 atom stereocenters. The van der Waals surface area contributed by atoms with Gasteiger partial charge in [-0.05, 0) is 61.5 Å². The Morgan fingerprint density at radius 2 is 1.61 bits per heavy atom. The van der Waals surface area contributed by atoms with E-state index in [1.165, 1.54) is 43.1 Å². The number of benzene rings is 3. The summed E-state index contributed by atoms with van der Waals surface area (Å²) in [4.78, 5) is 26.8. The van der Waals surface area contributed by atoms with Gasteiger partial charge >= 0.3 is 6.18 Å². The second kappa shape index (κ2) is 11.1. The van der Waals surface area contributed by atoms with Crippen LogP contribution in [0.5, 0.6) is 17.2 Å². The molecule has 0 aliphatic rings. The lowest BCUT2D eigenvalue weighted by molar-refractivity contribution is -0.137. The normalized spacial score (nSPS) is 12.7. The second-order valence-corrected chi connectivity index (χ2v) is 8.08. The van der Waals surface area contributed by atoms with Crippen LogP contribution in [0.2, 0.25) is 5.02 Å². The first-order valence-electron chi connectivity index (χ1n) is 10.6. The van der Waals surface area contributed by atoms with Crippen molar-refractivity contribution in [3.63, 3.8) is 0 Å². The zero-order valence-electron chi connectivity index (χ0n) is 19.1. The first-order chi connectivity index (χ1) is 17.0. The Kier molecular flexibility index (Phi) is 8.22. The third-order valence-electron chi connectivity index (χ3n) is 5.16. The molecule has 3 rings (SSSR count). The number of hydrogen-bond acceptors (Lipinski definition) is 5. The van der Waals surface area contributed by atoms with Gasteiger partial charge in [0, 0.05) is 12.7 Å². The number of Topliss-reactive ketones (excluding diaryl/α,β-unsaturated/α-hetero) is 1. The number of halogens is 4. The van der Waals surface area contributed by atoms with Crippen LogP contribution in [0.15, 0.2) is 72.8 Å². The van der Waals surface area contributed by atoms with E-state index in [1.807, 2.05) is 0 Å². The molecule has 0 saturated carbocycles. The third-order valence-corrected chi connectivity index (χ3v) is 5.45. The van der Waals surface area contributed by atoms with Crippen molar-refractivity contribution in [3.8, 4) is 23.3 Å². The summed E-state index contributed by atoms with van der Waals surface area (Å²) < 4.78 is 49.5. The van der Waals surface area contributed by atoms with Crippen molar-refractivity contribution in [2.24, 2.45) is 5.92 Å². The number of carbonyl (C=O) groups excluding carboxylic acids is 2. The number of para-hydroxylation sites is 1. The first-order valence-corrected chi connectivity index (χ1v) is 11.0. The van der Waals surface area contributed by atoms with E-state index in [0.717, 1.165) is 18.2 Å². The van der Waals surface area contributed by atoms with E-state index in [0.29, 0.717) is 5.69 Å². The Morgan fingerprint density at radius 3 is 2.17 bits per heavy atom. The summed E-state index contributed by atoms with van der Waals surface area (Å²) in [5.74, 6) is -2.40. The van der Waals surface area contributed by atoms with Gasteiger partial charge in [0.15, 0.2) is 17.8 Å². The zero-order chi connectivity index (χ0) is 26.5. The van der Waals surface area contributed by atoms with E-state index in [2.05, 4.69) is 0 Å². The minimum atomic E-state index is -4.53. The number of nitrogens with zero attached hydrogens (tertiary/aromatic N) is 2. The van der Waals surface area contributed by atoms with Gasteiger partial charge in [0.1, 0.15) is 17.2 Å². The number of amides is 1. The minimum Gasteiger partial charge on any atom is -0.483 e. The van der Waals surface area contributed by atoms with Crippen LogP contribution in [-0.2, 0) is 15.8 Å². The van der Waals surface area contributed by atoms with E-state index < -0.39 is 35.5 Å². The molecule has 0 heterocycles. The SMILES string of the molecule is CC(Oc1ccc(Oc2ccc(C(F)(F)F)cc2Cl)cc1)C(=O)C(C#N)C(=O)N(C)c1ccccc1. The lowest BCUT2D eigenvalue weighted by Gasteiger charge is -2.22. The molecular formula is C26H20ClF3N2O4. The molecule has 0 fully saturated rings. The third kappa shape index (κ3) is 6.34. The molecule has 0 radical (unpaired) electrons. The monoisotopic (exact) mass is 516 g/mol. The van der Waals surface area contributed by atoms with Crippen LogP contribution >= 0.6 is 11.6 Å². The molecule has 0 aliphatic heterocycles. The van der Waals surface area contributed by atoms with Gasteiger partial charge in [0.25, 0.3) is 5.91 Å². The van der Waals surface area contributed by atoms with Gasteiger partial charge in [-0.25, -0.2) is 0 Å². The van der Waals surface area contributed by atoms with E-state index >= 15 is 0 Å². The lowest BCUT2D eigenvalue weighted by Crippen LogP contribution is -2.41. The van der Waals surface area contributed by atoms with Gasteiger partial charge in [-0.15, -0.1) is 0 Å². The maximum atomic E-state index is 12.8. The van der Waals surface area contributed by atoms with Crippen LogP contribution in [0.25, 0.3) is 0 Å². The Balaban J connectivity index is 1.64. The van der Waals surface area contributed by atoms with Crippen molar-refractivity contribution in [2.75, 3.05) is 11.9 Å². The number of ether oxygens (including phenoxy) is 2. The lowest BCUT2D eigenvalue weighted by atomic mass is 10.00. The molecule has 0 saturated heterocycles. The Hall–Kier alpha value is -4.03. The van der Waals surface area contributed by atoms with E-state index in [4.69, 9.17) is 21.1 Å². The van der Waals surface area contributed by atoms with Crippen molar-refractivity contribution >= 4 is 29.0 Å². The summed E-state index contributed by atoms with van der Waals surface area (Å²) in [5.41, 5.74) is -0.362. The molecule has 2 unspecified atom stereocenters. The fourth-order valence-corrected chi connectivity index (χ4v) is 3.40. The number of hydrogen-bond donors (Lipinski definition) is 0. The number of carbonyl (C=O) groups is 2. The molecule has 3 aromatic rings. The van der Waals surface area contributed by atoms with Crippen LogP contribution in [-0.4, -0.2) is 24.8 Å². The molecular weight excluding hydrogens is 497 g/mol. The largest absolute Gasteiger partial charge is 0.483 e. The van der Waals surface area contributed by atoms with Crippen LogP contribution < -0.4 is 14.4 Å². The molecule has 0 bridgehead atoms. The van der Waals surface area contributed by atoms with Crippen molar-refractivity contribution in [3.05, 3.63) is 83.4 Å². The van der Waals surface area contributed by atoms with Crippen LogP contribution in [0.3, 0.4) is 0 Å². The summed E-state index contributed by atoms with van der Waals surface area (Å²) in [7, 11) is 1.47. The molecule has 36 heavy (non-hydrogen) atoms. The van der Waals surface area contributed by atoms with Crippen molar-refractivity contribution in [2.45, 2.75) is 19.2 Å². The number of nitriles is 1. The first kappa shape index (κ1) is 26.6. The van der Waals surface area contributed by atoms with E-state index in [9.17, 15) is 28.0 Å². The fraction of sp³-hybridized carbons (Fsp3) is 0.192. The molecule has 0 N–H and O–H groups in total. The van der Waals surface area contributed by atoms with Gasteiger partial charge in [0.2, 0.25) is 0 Å². The quantitative estimate of drug-likeness (QED) is 0.329. The smallest absolute Gasteiger partial charge is 0.416 e. The topological polar surface area (TPSA) is 79.6 Å². The van der Waals surface area contributed by atoms with E-state index in [-0.39, 0.29) is 22.3 Å². The van der Waals surface area contributed by atoms with Gasteiger partial charge in [-0.1, -0.05) is 29.8 Å². The molecule has 186 valence electrons. The highest BCUT2D eigenvalue weighted by Gasteiger charge is 2.34. The average molecular weight is 517 g/mol. The predicted molar refractivity (Wildman–Crippen MR) is 127 cm³/mol. The highest BCUT2D eigenvalue weighted by atomic mass is 35.5. The van der Waals surface area contributed by atoms with Crippen LogP contribution in [0, 0.1) is 17.2 Å². The van der Waals surface area contributed by atoms with Gasteiger partial charge in [0.05, 0.1) is 16.7 Å². The highest BCUT2D eigenvalue weighted by molar-refractivity contribution is 6.32. The van der Waals surface area contributed by atoms with Crippen molar-refractivity contribution in [1.29, 1.82) is 5.26 Å². The summed E-state index contributed by atoms with van der Waals surface area (Å²) in [5, 5.41) is 9.26. The molecule has 1 amide bonds. The maximum absolute atomic E-state index is 12.8. The molecule has 0 aliphatic carbocycles. The van der Waals surface area contributed by atoms with Crippen LogP contribution in [0.4, 0.5) is 18.9 Å². The predicted octanol–water partition coefficient (Wildman–Crippen LogP) is 6.29. The highest BCUT2D eigenvalue weighted by Crippen LogP contribution is 2.36. The Bertz CT molecular complexity index is 1280. The second-order valence-electron chi connectivity index (χ2n) is 7.67. The number of anilines is 1. The molecule has 6 nitrogen and oxygen atoms in total. The summed E-state index contributed by atoms with van der Waals surface area (Å²) >= 11 is 5.91. The molecule has 0 spiro atoms. The average Bonchev–Trinajstić information content (AvgIpc) is 2.86. The number of alkyl halides is 3.